The van der Waals surface area contributed by atoms with Crippen molar-refractivity contribution in [2.45, 2.75) is 6.18 Å². The number of hydrogen-bond donors (Lipinski definition) is 1. The largest absolute Gasteiger partial charge is 0.478 e. The minimum absolute atomic E-state index is 0.120. The highest BCUT2D eigenvalue weighted by Gasteiger charge is 2.32. The lowest BCUT2D eigenvalue weighted by atomic mass is 10.2. The number of carboxylic acids is 1. The predicted molar refractivity (Wildman–Crippen MR) is 84.6 cm³/mol. The Bertz CT molecular complexity index is 778. The molecule has 0 unspecified atom stereocenters. The number of carboxylic acid groups (broad SMARTS) is 1. The van der Waals surface area contributed by atoms with E-state index in [0.29, 0.717) is 5.56 Å². The van der Waals surface area contributed by atoms with Crippen molar-refractivity contribution in [2.24, 2.45) is 0 Å². The van der Waals surface area contributed by atoms with Crippen molar-refractivity contribution in [1.82, 2.24) is 0 Å². The van der Waals surface area contributed by atoms with E-state index in [4.69, 9.17) is 33.0 Å². The normalized spacial score (nSPS) is 11.7. The zero-order valence-corrected chi connectivity index (χ0v) is 13.3. The van der Waals surface area contributed by atoms with Crippen molar-refractivity contribution in [3.8, 4) is 11.5 Å². The number of benzene rings is 2. The summed E-state index contributed by atoms with van der Waals surface area (Å²) in [5, 5.41) is 8.02. The van der Waals surface area contributed by atoms with E-state index in [0.717, 1.165) is 18.2 Å². The molecule has 0 bridgehead atoms. The minimum Gasteiger partial charge on any atom is -0.478 e. The summed E-state index contributed by atoms with van der Waals surface area (Å²) in [5.41, 5.74) is -0.461. The van der Waals surface area contributed by atoms with Gasteiger partial charge in [0, 0.05) is 6.08 Å². The smallest absolute Gasteiger partial charge is 0.416 e. The van der Waals surface area contributed by atoms with Gasteiger partial charge in [-0.1, -0.05) is 35.3 Å². The molecule has 24 heavy (non-hydrogen) atoms. The zero-order chi connectivity index (χ0) is 17.9. The van der Waals surface area contributed by atoms with Crippen LogP contribution in [0.15, 0.2) is 42.5 Å². The van der Waals surface area contributed by atoms with Gasteiger partial charge in [0.2, 0.25) is 0 Å². The third-order valence-electron chi connectivity index (χ3n) is 2.82. The van der Waals surface area contributed by atoms with E-state index >= 15 is 0 Å². The molecule has 2 aromatic rings. The van der Waals surface area contributed by atoms with E-state index < -0.39 is 17.7 Å². The molecule has 126 valence electrons. The predicted octanol–water partition coefficient (Wildman–Crippen LogP) is 5.90. The van der Waals surface area contributed by atoms with E-state index in [9.17, 15) is 18.0 Å². The van der Waals surface area contributed by atoms with Gasteiger partial charge in [0.05, 0.1) is 15.6 Å². The Labute approximate surface area is 144 Å². The molecule has 0 saturated heterocycles. The molecule has 0 radical (unpaired) electrons. The van der Waals surface area contributed by atoms with E-state index in [1.807, 2.05) is 0 Å². The summed E-state index contributed by atoms with van der Waals surface area (Å²) in [7, 11) is 0. The van der Waals surface area contributed by atoms with Crippen LogP contribution in [-0.2, 0) is 11.0 Å². The summed E-state index contributed by atoms with van der Waals surface area (Å²) in [6.07, 6.45) is -2.30. The Morgan fingerprint density at radius 1 is 1.12 bits per heavy atom. The molecule has 0 spiro atoms. The monoisotopic (exact) mass is 376 g/mol. The quantitative estimate of drug-likeness (QED) is 0.675. The SMILES string of the molecule is O=C(O)C=Cc1cccc(Oc2c(Cl)cc(C(F)(F)F)cc2Cl)c1. The summed E-state index contributed by atoms with van der Waals surface area (Å²) in [4.78, 5) is 10.5. The van der Waals surface area contributed by atoms with E-state index in [-0.39, 0.29) is 21.5 Å². The Balaban J connectivity index is 2.32. The molecule has 8 heteroatoms. The summed E-state index contributed by atoms with van der Waals surface area (Å²) >= 11 is 11.7. The van der Waals surface area contributed by atoms with Crippen LogP contribution in [0.25, 0.3) is 6.08 Å². The molecule has 0 aromatic heterocycles. The van der Waals surface area contributed by atoms with Crippen molar-refractivity contribution >= 4 is 35.2 Å². The van der Waals surface area contributed by atoms with E-state index in [2.05, 4.69) is 0 Å². The fraction of sp³-hybridized carbons (Fsp3) is 0.0625. The van der Waals surface area contributed by atoms with E-state index in [1.165, 1.54) is 18.2 Å². The molecule has 0 fully saturated rings. The van der Waals surface area contributed by atoms with Crippen LogP contribution in [0.1, 0.15) is 11.1 Å². The lowest BCUT2D eigenvalue weighted by molar-refractivity contribution is -0.137. The van der Waals surface area contributed by atoms with Crippen molar-refractivity contribution in [3.63, 3.8) is 0 Å². The van der Waals surface area contributed by atoms with Crippen LogP contribution in [0.2, 0.25) is 10.0 Å². The average Bonchev–Trinajstić information content (AvgIpc) is 2.48. The molecule has 2 aromatic carbocycles. The topological polar surface area (TPSA) is 46.5 Å². The Hall–Kier alpha value is -2.18. The highest BCUT2D eigenvalue weighted by atomic mass is 35.5. The highest BCUT2D eigenvalue weighted by molar-refractivity contribution is 6.37. The maximum Gasteiger partial charge on any atom is 0.416 e. The van der Waals surface area contributed by atoms with E-state index in [1.54, 1.807) is 12.1 Å². The number of aliphatic carboxylic acids is 1. The first-order chi connectivity index (χ1) is 11.2. The van der Waals surface area contributed by atoms with Crippen LogP contribution in [-0.4, -0.2) is 11.1 Å². The van der Waals surface area contributed by atoms with Gasteiger partial charge in [-0.05, 0) is 35.9 Å². The first-order valence-electron chi connectivity index (χ1n) is 6.42. The third-order valence-corrected chi connectivity index (χ3v) is 3.38. The number of rotatable bonds is 4. The van der Waals surface area contributed by atoms with Crippen molar-refractivity contribution in [2.75, 3.05) is 0 Å². The van der Waals surface area contributed by atoms with Crippen LogP contribution in [0.4, 0.5) is 13.2 Å². The standard InChI is InChI=1S/C16H9Cl2F3O3/c17-12-7-10(16(19,20)21)8-13(18)15(12)24-11-3-1-2-9(6-11)4-5-14(22)23/h1-8H,(H,22,23). The number of ether oxygens (including phenoxy) is 1. The summed E-state index contributed by atoms with van der Waals surface area (Å²) in [6, 6.07) is 7.67. The summed E-state index contributed by atoms with van der Waals surface area (Å²) in [6.45, 7) is 0. The Morgan fingerprint density at radius 2 is 1.75 bits per heavy atom. The molecular weight excluding hydrogens is 368 g/mol. The third kappa shape index (κ3) is 4.66. The van der Waals surface area contributed by atoms with Crippen LogP contribution in [0, 0.1) is 0 Å². The van der Waals surface area contributed by atoms with Gasteiger partial charge in [-0.15, -0.1) is 0 Å². The molecule has 0 aliphatic heterocycles. The lowest BCUT2D eigenvalue weighted by Crippen LogP contribution is -2.05. The van der Waals surface area contributed by atoms with Gasteiger partial charge < -0.3 is 9.84 Å². The lowest BCUT2D eigenvalue weighted by Gasteiger charge is -2.13. The zero-order valence-electron chi connectivity index (χ0n) is 11.8. The van der Waals surface area contributed by atoms with Crippen LogP contribution >= 0.6 is 23.2 Å². The van der Waals surface area contributed by atoms with Crippen molar-refractivity contribution in [1.29, 1.82) is 0 Å². The molecule has 3 nitrogen and oxygen atoms in total. The molecule has 0 heterocycles. The van der Waals surface area contributed by atoms with Gasteiger partial charge in [-0.3, -0.25) is 0 Å². The van der Waals surface area contributed by atoms with Crippen molar-refractivity contribution < 1.29 is 27.8 Å². The second kappa shape index (κ2) is 7.15. The average molecular weight is 377 g/mol. The fourth-order valence-corrected chi connectivity index (χ4v) is 2.35. The maximum atomic E-state index is 12.7. The molecule has 0 atom stereocenters. The Kier molecular flexibility index (Phi) is 5.41. The fourth-order valence-electron chi connectivity index (χ4n) is 1.79. The van der Waals surface area contributed by atoms with Gasteiger partial charge in [-0.2, -0.15) is 13.2 Å². The molecule has 2 rings (SSSR count). The van der Waals surface area contributed by atoms with Gasteiger partial charge in [0.15, 0.2) is 5.75 Å². The molecule has 0 saturated carbocycles. The molecule has 0 amide bonds. The van der Waals surface area contributed by atoms with Crippen LogP contribution in [0.5, 0.6) is 11.5 Å². The van der Waals surface area contributed by atoms with Gasteiger partial charge in [-0.25, -0.2) is 4.79 Å². The Morgan fingerprint density at radius 3 is 2.29 bits per heavy atom. The van der Waals surface area contributed by atoms with Gasteiger partial charge in [0.1, 0.15) is 5.75 Å². The minimum atomic E-state index is -4.58. The first kappa shape index (κ1) is 18.2. The van der Waals surface area contributed by atoms with Gasteiger partial charge in [0.25, 0.3) is 0 Å². The first-order valence-corrected chi connectivity index (χ1v) is 7.17. The molecular formula is C16H9Cl2F3O3. The second-order valence-corrected chi connectivity index (χ2v) is 5.43. The number of halogens is 5. The summed E-state index contributed by atoms with van der Waals surface area (Å²) in [5.74, 6) is -0.994. The molecule has 0 aliphatic rings. The highest BCUT2D eigenvalue weighted by Crippen LogP contribution is 2.41. The summed E-state index contributed by atoms with van der Waals surface area (Å²) < 4.78 is 43.5. The number of hydrogen-bond acceptors (Lipinski definition) is 2. The molecule has 0 aliphatic carbocycles. The maximum absolute atomic E-state index is 12.7. The van der Waals surface area contributed by atoms with Gasteiger partial charge >= 0.3 is 12.1 Å². The van der Waals surface area contributed by atoms with Crippen molar-refractivity contribution in [3.05, 3.63) is 63.6 Å². The number of carbonyl (C=O) groups is 1. The van der Waals surface area contributed by atoms with Crippen LogP contribution in [0.3, 0.4) is 0 Å². The number of alkyl halides is 3. The van der Waals surface area contributed by atoms with Crippen LogP contribution < -0.4 is 4.74 Å². The molecule has 1 N–H and O–H groups in total. The second-order valence-electron chi connectivity index (χ2n) is 4.61.